The maximum Gasteiger partial charge on any atom is 0.354 e. The summed E-state index contributed by atoms with van der Waals surface area (Å²) in [6, 6.07) is 7.26. The zero-order valence-electron chi connectivity index (χ0n) is 8.57. The van der Waals surface area contributed by atoms with Gasteiger partial charge in [-0.25, -0.2) is 9.59 Å². The Labute approximate surface area is 90.8 Å². The van der Waals surface area contributed by atoms with Crippen molar-refractivity contribution in [2.45, 2.75) is 6.92 Å². The Morgan fingerprint density at radius 3 is 2.56 bits per heavy atom. The number of H-pyrrole nitrogens is 2. The third-order valence-electron chi connectivity index (χ3n) is 2.36. The van der Waals surface area contributed by atoms with Crippen molar-refractivity contribution in [1.29, 1.82) is 0 Å². The summed E-state index contributed by atoms with van der Waals surface area (Å²) in [5, 5.41) is 8.94. The average Bonchev–Trinajstić information content (AvgIpc) is 2.61. The van der Waals surface area contributed by atoms with Crippen molar-refractivity contribution in [3.63, 3.8) is 0 Å². The smallest absolute Gasteiger partial charge is 0.354 e. The van der Waals surface area contributed by atoms with Gasteiger partial charge in [-0.05, 0) is 12.5 Å². The van der Waals surface area contributed by atoms with E-state index in [0.29, 0.717) is 11.3 Å². The monoisotopic (exact) mass is 218 g/mol. The number of hydrogen-bond acceptors (Lipinski definition) is 2. The Hall–Kier alpha value is -2.30. The highest BCUT2D eigenvalue weighted by Crippen LogP contribution is 2.22. The first kappa shape index (κ1) is 10.2. The minimum Gasteiger partial charge on any atom is -0.477 e. The van der Waals surface area contributed by atoms with E-state index >= 15 is 0 Å². The van der Waals surface area contributed by atoms with Crippen LogP contribution in [0, 0.1) is 6.92 Å². The SMILES string of the molecule is Cc1ccccc1-c1[nH]c(=O)[nH]c1C(=O)O. The van der Waals surface area contributed by atoms with Gasteiger partial charge < -0.3 is 10.1 Å². The Bertz CT molecular complexity index is 595. The molecule has 0 aliphatic rings. The maximum atomic E-state index is 11.1. The van der Waals surface area contributed by atoms with E-state index in [1.165, 1.54) is 0 Å². The van der Waals surface area contributed by atoms with Crippen LogP contribution < -0.4 is 5.69 Å². The molecule has 1 aromatic heterocycles. The van der Waals surface area contributed by atoms with Crippen LogP contribution in [0.4, 0.5) is 0 Å². The van der Waals surface area contributed by atoms with E-state index < -0.39 is 11.7 Å². The molecule has 1 heterocycles. The molecule has 2 rings (SSSR count). The number of carboxylic acids is 1. The van der Waals surface area contributed by atoms with Gasteiger partial charge in [0.05, 0.1) is 5.69 Å². The van der Waals surface area contributed by atoms with Crippen LogP contribution in [0.15, 0.2) is 29.1 Å². The fourth-order valence-electron chi connectivity index (χ4n) is 1.60. The van der Waals surface area contributed by atoms with Gasteiger partial charge in [0.25, 0.3) is 0 Å². The van der Waals surface area contributed by atoms with Crippen LogP contribution >= 0.6 is 0 Å². The highest BCUT2D eigenvalue weighted by atomic mass is 16.4. The first-order valence-electron chi connectivity index (χ1n) is 4.71. The fourth-order valence-corrected chi connectivity index (χ4v) is 1.60. The molecule has 0 radical (unpaired) electrons. The van der Waals surface area contributed by atoms with Gasteiger partial charge in [-0.3, -0.25) is 4.98 Å². The predicted molar refractivity (Wildman–Crippen MR) is 58.5 cm³/mol. The second kappa shape index (κ2) is 3.69. The fraction of sp³-hybridized carbons (Fsp3) is 0.0909. The van der Waals surface area contributed by atoms with E-state index in [1.54, 1.807) is 12.1 Å². The normalized spacial score (nSPS) is 10.3. The number of imidazole rings is 1. The van der Waals surface area contributed by atoms with Crippen molar-refractivity contribution in [3.05, 3.63) is 46.0 Å². The third kappa shape index (κ3) is 1.63. The molecular formula is C11H10N2O3. The minimum absolute atomic E-state index is 0.112. The number of carboxylic acid groups (broad SMARTS) is 1. The van der Waals surface area contributed by atoms with Gasteiger partial charge in [0, 0.05) is 5.56 Å². The molecular weight excluding hydrogens is 208 g/mol. The van der Waals surface area contributed by atoms with Crippen LogP contribution in [0.5, 0.6) is 0 Å². The minimum atomic E-state index is -1.16. The van der Waals surface area contributed by atoms with Crippen molar-refractivity contribution in [2.75, 3.05) is 0 Å². The number of aromatic carboxylic acids is 1. The second-order valence-electron chi connectivity index (χ2n) is 3.45. The van der Waals surface area contributed by atoms with Gasteiger partial charge in [0.15, 0.2) is 5.69 Å². The van der Waals surface area contributed by atoms with Gasteiger partial charge in [-0.1, -0.05) is 24.3 Å². The first-order chi connectivity index (χ1) is 7.59. The quantitative estimate of drug-likeness (QED) is 0.711. The molecule has 82 valence electrons. The zero-order valence-corrected chi connectivity index (χ0v) is 8.57. The molecule has 0 unspecified atom stereocenters. The van der Waals surface area contributed by atoms with Crippen molar-refractivity contribution in [3.8, 4) is 11.3 Å². The summed E-state index contributed by atoms with van der Waals surface area (Å²) >= 11 is 0. The van der Waals surface area contributed by atoms with Crippen molar-refractivity contribution in [1.82, 2.24) is 9.97 Å². The summed E-state index contributed by atoms with van der Waals surface area (Å²) in [6.45, 7) is 1.85. The van der Waals surface area contributed by atoms with E-state index in [-0.39, 0.29) is 5.69 Å². The lowest BCUT2D eigenvalue weighted by Crippen LogP contribution is -2.04. The molecule has 0 fully saturated rings. The lowest BCUT2D eigenvalue weighted by atomic mass is 10.0. The molecule has 0 amide bonds. The Morgan fingerprint density at radius 2 is 1.94 bits per heavy atom. The molecule has 0 saturated heterocycles. The molecule has 0 bridgehead atoms. The summed E-state index contributed by atoms with van der Waals surface area (Å²) in [5.74, 6) is -1.16. The molecule has 2 aromatic rings. The van der Waals surface area contributed by atoms with Crippen LogP contribution in [-0.2, 0) is 0 Å². The van der Waals surface area contributed by atoms with Crippen LogP contribution in [0.2, 0.25) is 0 Å². The Kier molecular flexibility index (Phi) is 2.36. The molecule has 1 aromatic carbocycles. The van der Waals surface area contributed by atoms with Gasteiger partial charge in [0.2, 0.25) is 0 Å². The Balaban J connectivity index is 2.69. The molecule has 3 N–H and O–H groups in total. The summed E-state index contributed by atoms with van der Waals surface area (Å²) in [6.07, 6.45) is 0. The highest BCUT2D eigenvalue weighted by Gasteiger charge is 2.16. The number of carbonyl (C=O) groups is 1. The summed E-state index contributed by atoms with van der Waals surface area (Å²) in [7, 11) is 0. The van der Waals surface area contributed by atoms with E-state index in [9.17, 15) is 9.59 Å². The molecule has 0 spiro atoms. The topological polar surface area (TPSA) is 86.0 Å². The van der Waals surface area contributed by atoms with E-state index in [2.05, 4.69) is 9.97 Å². The van der Waals surface area contributed by atoms with E-state index in [0.717, 1.165) is 5.56 Å². The van der Waals surface area contributed by atoms with Gasteiger partial charge >= 0.3 is 11.7 Å². The van der Waals surface area contributed by atoms with Crippen molar-refractivity contribution >= 4 is 5.97 Å². The first-order valence-corrected chi connectivity index (χ1v) is 4.71. The lowest BCUT2D eigenvalue weighted by Gasteiger charge is -2.03. The van der Waals surface area contributed by atoms with Crippen LogP contribution in [0.25, 0.3) is 11.3 Å². The molecule has 0 aliphatic carbocycles. The summed E-state index contributed by atoms with van der Waals surface area (Å²) < 4.78 is 0. The molecule has 5 heteroatoms. The number of hydrogen-bond donors (Lipinski definition) is 3. The van der Waals surface area contributed by atoms with Crippen LogP contribution in [-0.4, -0.2) is 21.0 Å². The number of aromatic amines is 2. The standard InChI is InChI=1S/C11H10N2O3/c1-6-4-2-3-5-7(6)8-9(10(14)15)13-11(16)12-8/h2-5H,1H3,(H,14,15)(H2,12,13,16). The largest absolute Gasteiger partial charge is 0.477 e. The van der Waals surface area contributed by atoms with Crippen molar-refractivity contribution < 1.29 is 9.90 Å². The molecule has 0 atom stereocenters. The highest BCUT2D eigenvalue weighted by molar-refractivity contribution is 5.93. The summed E-state index contributed by atoms with van der Waals surface area (Å²) in [5.41, 5.74) is 1.30. The lowest BCUT2D eigenvalue weighted by molar-refractivity contribution is 0.0692. The zero-order chi connectivity index (χ0) is 11.7. The number of benzene rings is 1. The molecule has 16 heavy (non-hydrogen) atoms. The number of rotatable bonds is 2. The van der Waals surface area contributed by atoms with Crippen molar-refractivity contribution in [2.24, 2.45) is 0 Å². The predicted octanol–water partition coefficient (Wildman–Crippen LogP) is 1.38. The maximum absolute atomic E-state index is 11.1. The van der Waals surface area contributed by atoms with Gasteiger partial charge in [-0.15, -0.1) is 0 Å². The van der Waals surface area contributed by atoms with E-state index in [4.69, 9.17) is 5.11 Å². The van der Waals surface area contributed by atoms with Gasteiger partial charge in [-0.2, -0.15) is 0 Å². The number of aromatic nitrogens is 2. The second-order valence-corrected chi connectivity index (χ2v) is 3.45. The van der Waals surface area contributed by atoms with Crippen LogP contribution in [0.3, 0.4) is 0 Å². The van der Waals surface area contributed by atoms with Gasteiger partial charge in [0.1, 0.15) is 0 Å². The average molecular weight is 218 g/mol. The third-order valence-corrected chi connectivity index (χ3v) is 2.36. The molecule has 0 saturated carbocycles. The Morgan fingerprint density at radius 1 is 1.25 bits per heavy atom. The molecule has 0 aliphatic heterocycles. The summed E-state index contributed by atoms with van der Waals surface area (Å²) in [4.78, 5) is 26.8. The van der Waals surface area contributed by atoms with Crippen LogP contribution in [0.1, 0.15) is 16.1 Å². The molecule has 5 nitrogen and oxygen atoms in total. The number of aryl methyl sites for hydroxylation is 1. The van der Waals surface area contributed by atoms with E-state index in [1.807, 2.05) is 19.1 Å². The number of nitrogens with one attached hydrogen (secondary N) is 2.